The van der Waals surface area contributed by atoms with E-state index in [-0.39, 0.29) is 12.4 Å². The van der Waals surface area contributed by atoms with Gasteiger partial charge in [-0.2, -0.15) is 0 Å². The van der Waals surface area contributed by atoms with Crippen molar-refractivity contribution in [3.8, 4) is 0 Å². The molecule has 5 heteroatoms. The van der Waals surface area contributed by atoms with Crippen LogP contribution in [0.2, 0.25) is 0 Å². The van der Waals surface area contributed by atoms with E-state index < -0.39 is 0 Å². The number of methoxy groups -OCH3 is 1. The Labute approximate surface area is 446 Å². The summed E-state index contributed by atoms with van der Waals surface area (Å²) in [4.78, 5) is 0. The number of ether oxygens (including phenoxy) is 1. The maximum Gasteiger partial charge on any atom is 0.120 e. The Hall–Kier alpha value is -3.89. The maximum absolute atomic E-state index is 7.00. The van der Waals surface area contributed by atoms with Gasteiger partial charge < -0.3 is 9.84 Å². The second kappa shape index (κ2) is 43.9. The lowest BCUT2D eigenvalue weighted by molar-refractivity contribution is 0.254. The summed E-state index contributed by atoms with van der Waals surface area (Å²) in [5.41, 5.74) is 12.7. The van der Waals surface area contributed by atoms with Gasteiger partial charge in [-0.25, -0.2) is 0 Å². The van der Waals surface area contributed by atoms with Gasteiger partial charge in [-0.1, -0.05) is 258 Å². The summed E-state index contributed by atoms with van der Waals surface area (Å²) in [7, 11) is 2.55. The predicted octanol–water partition coefficient (Wildman–Crippen LogP) is 20.7. The summed E-state index contributed by atoms with van der Waals surface area (Å²) in [5, 5.41) is 7.00. The Bertz CT molecular complexity index is 1840. The summed E-state index contributed by atoms with van der Waals surface area (Å²) >= 11 is 10.7. The zero-order chi connectivity index (χ0) is 51.8. The first-order valence-electron chi connectivity index (χ1n) is 25.8. The minimum atomic E-state index is 0. The molecule has 6 rings (SSSR count). The molecule has 0 aliphatic rings. The van der Waals surface area contributed by atoms with Crippen molar-refractivity contribution in [3.05, 3.63) is 214 Å². The third-order valence-electron chi connectivity index (χ3n) is 13.1. The average molecular weight is 1010 g/mol. The van der Waals surface area contributed by atoms with Crippen LogP contribution in [0.5, 0.6) is 0 Å². The van der Waals surface area contributed by atoms with Crippen LogP contribution < -0.4 is 0 Å². The van der Waals surface area contributed by atoms with E-state index in [1.807, 2.05) is 0 Å². The molecular weight excluding hydrogens is 919 g/mol. The minimum absolute atomic E-state index is 0. The highest BCUT2D eigenvalue weighted by Gasteiger charge is 2.06. The fourth-order valence-electron chi connectivity index (χ4n) is 6.86. The molecule has 6 aromatic rings. The van der Waals surface area contributed by atoms with Gasteiger partial charge in [-0.05, 0) is 131 Å². The van der Waals surface area contributed by atoms with E-state index in [1.54, 1.807) is 7.11 Å². The Kier molecular flexibility index (Phi) is 42.7. The lowest BCUT2D eigenvalue weighted by Gasteiger charge is -2.11. The highest BCUT2D eigenvalue weighted by atomic mass is 35.5. The average Bonchev–Trinajstić information content (AvgIpc) is 3.44. The van der Waals surface area contributed by atoms with Gasteiger partial charge in [0, 0.05) is 20.1 Å². The molecule has 0 aliphatic heterocycles. The van der Waals surface area contributed by atoms with Crippen molar-refractivity contribution >= 4 is 35.6 Å². The fourth-order valence-corrected chi connectivity index (χ4v) is 7.04. The molecule has 0 aliphatic carbocycles. The molecule has 0 aromatic heterocycles. The van der Waals surface area contributed by atoms with E-state index in [0.29, 0.717) is 47.5 Å². The Morgan fingerprint density at radius 2 is 0.529 bits per heavy atom. The predicted molar refractivity (Wildman–Crippen MR) is 316 cm³/mol. The molecule has 6 atom stereocenters. The molecule has 1 N–H and O–H groups in total. The van der Waals surface area contributed by atoms with E-state index in [0.717, 1.165) is 13.5 Å². The van der Waals surface area contributed by atoms with E-state index in [2.05, 4.69) is 252 Å². The van der Waals surface area contributed by atoms with Crippen molar-refractivity contribution in [2.75, 3.05) is 20.3 Å². The van der Waals surface area contributed by atoms with Crippen molar-refractivity contribution in [2.24, 2.45) is 0 Å². The van der Waals surface area contributed by atoms with Crippen molar-refractivity contribution in [3.63, 3.8) is 0 Å². The number of aliphatic hydroxyl groups is 1. The standard InChI is InChI=1S/C21H28.C11H15Cl.3C10H14.C2H5ClO.CH4O.ClH/c1-5-16(3)20-11-7-18(8-12-20)15-19-9-13-21(14-10-19)17(4)6-2;1-3-9(2)11-6-4-10(8-12)5-7-11;3*1-3-9(2)10-7-5-4-6-8-10;1-4-2-3;1-2;/h7-14,16-17H,5-6,15H2,1-4H3;4-7,9H,3,8H2,1-2H3;3*4-9H,3H2,1-2H3;2H2,1H3;2H,1H3;1H. The van der Waals surface area contributed by atoms with Gasteiger partial charge in [0.1, 0.15) is 6.07 Å². The number of rotatable bonds is 16. The number of halogens is 3. The second-order valence-corrected chi connectivity index (χ2v) is 18.5. The van der Waals surface area contributed by atoms with Gasteiger partial charge in [0.15, 0.2) is 0 Å². The van der Waals surface area contributed by atoms with E-state index >= 15 is 0 Å². The molecule has 70 heavy (non-hydrogen) atoms. The van der Waals surface area contributed by atoms with Gasteiger partial charge in [0.05, 0.1) is 0 Å². The normalized spacial score (nSPS) is 12.5. The lowest BCUT2D eigenvalue weighted by atomic mass is 9.94. The van der Waals surface area contributed by atoms with E-state index in [4.69, 9.17) is 28.3 Å². The van der Waals surface area contributed by atoms with Gasteiger partial charge in [0.25, 0.3) is 0 Å². The summed E-state index contributed by atoms with van der Waals surface area (Å²) in [6.07, 6.45) is 8.31. The van der Waals surface area contributed by atoms with Crippen LogP contribution in [0, 0.1) is 0 Å². The largest absolute Gasteiger partial charge is 0.400 e. The SMILES string of the molecule is CCC(C)c1ccc(CCl)cc1.CCC(C)c1ccc(Cc2ccc(C(C)CC)cc2)cc1.CCC(C)c1ccccc1.CCC(C)c1ccccc1.CCC(C)c1ccccc1.CO.COCCl.Cl. The summed E-state index contributed by atoms with van der Waals surface area (Å²) in [6.45, 7) is 27.0. The van der Waals surface area contributed by atoms with Crippen LogP contribution in [-0.2, 0) is 17.0 Å². The third-order valence-corrected chi connectivity index (χ3v) is 13.6. The first-order valence-corrected chi connectivity index (χ1v) is 26.9. The molecule has 388 valence electrons. The van der Waals surface area contributed by atoms with E-state index in [1.165, 1.54) is 88.6 Å². The first-order chi connectivity index (χ1) is 33.4. The molecule has 0 fully saturated rings. The minimum Gasteiger partial charge on any atom is -0.400 e. The summed E-state index contributed by atoms with van der Waals surface area (Å²) in [6, 6.07) is 59.0. The molecule has 0 bridgehead atoms. The highest BCUT2D eigenvalue weighted by Crippen LogP contribution is 2.23. The highest BCUT2D eigenvalue weighted by molar-refractivity contribution is 6.17. The Morgan fingerprint density at radius 1 is 0.343 bits per heavy atom. The number of benzene rings is 6. The van der Waals surface area contributed by atoms with Crippen molar-refractivity contribution in [2.45, 2.75) is 169 Å². The Morgan fingerprint density at radius 3 is 0.700 bits per heavy atom. The third kappa shape index (κ3) is 29.5. The molecule has 0 saturated carbocycles. The molecule has 0 spiro atoms. The monoisotopic (exact) mass is 1010 g/mol. The molecular formula is C65H95Cl3O2. The zero-order valence-electron chi connectivity index (χ0n) is 45.9. The Balaban J connectivity index is 0. The first kappa shape index (κ1) is 68.2. The lowest BCUT2D eigenvalue weighted by Crippen LogP contribution is -1.94. The van der Waals surface area contributed by atoms with Crippen LogP contribution in [0.15, 0.2) is 164 Å². The van der Waals surface area contributed by atoms with Gasteiger partial charge in [-0.3, -0.25) is 0 Å². The molecule has 6 unspecified atom stereocenters. The van der Waals surface area contributed by atoms with Crippen LogP contribution in [0.25, 0.3) is 0 Å². The van der Waals surface area contributed by atoms with Crippen LogP contribution in [-0.4, -0.2) is 25.4 Å². The van der Waals surface area contributed by atoms with Crippen LogP contribution in [0.3, 0.4) is 0 Å². The summed E-state index contributed by atoms with van der Waals surface area (Å²) < 4.78 is 4.31. The van der Waals surface area contributed by atoms with Gasteiger partial charge in [-0.15, -0.1) is 24.0 Å². The molecule has 0 saturated heterocycles. The fraction of sp³-hybridized carbons (Fsp3) is 0.446. The van der Waals surface area contributed by atoms with Crippen LogP contribution >= 0.6 is 35.6 Å². The molecule has 2 nitrogen and oxygen atoms in total. The number of hydrogen-bond acceptors (Lipinski definition) is 2. The molecule has 0 heterocycles. The number of aliphatic hydroxyl groups excluding tert-OH is 1. The molecule has 6 aromatic carbocycles. The second-order valence-electron chi connectivity index (χ2n) is 18.0. The topological polar surface area (TPSA) is 29.5 Å². The van der Waals surface area contributed by atoms with E-state index in [9.17, 15) is 0 Å². The van der Waals surface area contributed by atoms with Crippen LogP contribution in [0.4, 0.5) is 0 Å². The molecule has 0 radical (unpaired) electrons. The zero-order valence-corrected chi connectivity index (χ0v) is 48.3. The van der Waals surface area contributed by atoms with Crippen molar-refractivity contribution < 1.29 is 9.84 Å². The van der Waals surface area contributed by atoms with Gasteiger partial charge >= 0.3 is 0 Å². The van der Waals surface area contributed by atoms with Crippen molar-refractivity contribution in [1.29, 1.82) is 0 Å². The smallest absolute Gasteiger partial charge is 0.120 e. The quantitative estimate of drug-likeness (QED) is 0.0979. The number of hydrogen-bond donors (Lipinski definition) is 1. The summed E-state index contributed by atoms with van der Waals surface area (Å²) in [5.74, 6) is 4.72. The molecule has 0 amide bonds. The van der Waals surface area contributed by atoms with Crippen molar-refractivity contribution in [1.82, 2.24) is 0 Å². The van der Waals surface area contributed by atoms with Crippen LogP contribution in [0.1, 0.15) is 207 Å². The van der Waals surface area contributed by atoms with Gasteiger partial charge in [0.2, 0.25) is 0 Å². The number of alkyl halides is 2. The maximum atomic E-state index is 7.00.